The maximum absolute atomic E-state index is 5.47. The standard InChI is InChI=1S/C16H35NS.ClH/c17-15-13-11-9-7-5-3-1-2-4-6-8-10-12-14-16-18;/h18H,1-17H2;1H. The van der Waals surface area contributed by atoms with E-state index in [1.165, 1.54) is 89.9 Å². The Bertz CT molecular complexity index is 129. The van der Waals surface area contributed by atoms with Crippen LogP contribution >= 0.6 is 25.0 Å². The lowest BCUT2D eigenvalue weighted by Crippen LogP contribution is -1.97. The number of halogens is 1. The molecule has 0 heterocycles. The SMILES string of the molecule is Cl.NCCCCCCCCCCCCCCCCS. The zero-order valence-electron chi connectivity index (χ0n) is 12.7. The summed E-state index contributed by atoms with van der Waals surface area (Å²) in [5.74, 6) is 1.06. The van der Waals surface area contributed by atoms with E-state index in [2.05, 4.69) is 12.6 Å². The van der Waals surface area contributed by atoms with Crippen molar-refractivity contribution in [3.8, 4) is 0 Å². The number of thiol groups is 1. The molecule has 0 spiro atoms. The second-order valence-corrected chi connectivity index (χ2v) is 5.91. The summed E-state index contributed by atoms with van der Waals surface area (Å²) >= 11 is 4.23. The van der Waals surface area contributed by atoms with Crippen molar-refractivity contribution >= 4 is 25.0 Å². The highest BCUT2D eigenvalue weighted by Crippen LogP contribution is 2.12. The van der Waals surface area contributed by atoms with Gasteiger partial charge in [-0.3, -0.25) is 0 Å². The van der Waals surface area contributed by atoms with E-state index in [1.54, 1.807) is 0 Å². The Hall–Kier alpha value is 0.600. The average molecular weight is 310 g/mol. The van der Waals surface area contributed by atoms with Gasteiger partial charge in [-0.15, -0.1) is 12.4 Å². The monoisotopic (exact) mass is 309 g/mol. The molecule has 0 aromatic rings. The van der Waals surface area contributed by atoms with Gasteiger partial charge >= 0.3 is 0 Å². The molecule has 0 aliphatic carbocycles. The number of rotatable bonds is 15. The van der Waals surface area contributed by atoms with Crippen molar-refractivity contribution in [2.75, 3.05) is 12.3 Å². The van der Waals surface area contributed by atoms with Crippen LogP contribution < -0.4 is 5.73 Å². The Morgan fingerprint density at radius 1 is 0.474 bits per heavy atom. The van der Waals surface area contributed by atoms with Crippen molar-refractivity contribution in [1.29, 1.82) is 0 Å². The second kappa shape index (κ2) is 20.9. The summed E-state index contributed by atoms with van der Waals surface area (Å²) < 4.78 is 0. The van der Waals surface area contributed by atoms with Crippen molar-refractivity contribution in [2.24, 2.45) is 5.73 Å². The molecule has 0 aromatic carbocycles. The number of unbranched alkanes of at least 4 members (excludes halogenated alkanes) is 13. The van der Waals surface area contributed by atoms with Gasteiger partial charge in [0, 0.05) is 0 Å². The van der Waals surface area contributed by atoms with Crippen molar-refractivity contribution in [1.82, 2.24) is 0 Å². The molecule has 0 fully saturated rings. The molecule has 0 bridgehead atoms. The summed E-state index contributed by atoms with van der Waals surface area (Å²) in [6.07, 6.45) is 19.6. The molecule has 0 amide bonds. The highest BCUT2D eigenvalue weighted by molar-refractivity contribution is 7.80. The Kier molecular flexibility index (Phi) is 24.1. The third-order valence-corrected chi connectivity index (χ3v) is 3.93. The van der Waals surface area contributed by atoms with Gasteiger partial charge in [0.2, 0.25) is 0 Å². The Labute approximate surface area is 133 Å². The van der Waals surface area contributed by atoms with E-state index in [-0.39, 0.29) is 12.4 Å². The van der Waals surface area contributed by atoms with Crippen LogP contribution in [0.3, 0.4) is 0 Å². The molecule has 2 N–H and O–H groups in total. The van der Waals surface area contributed by atoms with E-state index in [4.69, 9.17) is 5.73 Å². The third-order valence-electron chi connectivity index (χ3n) is 3.61. The van der Waals surface area contributed by atoms with E-state index in [9.17, 15) is 0 Å². The van der Waals surface area contributed by atoms with E-state index in [0.717, 1.165) is 12.3 Å². The maximum atomic E-state index is 5.47. The fourth-order valence-electron chi connectivity index (χ4n) is 2.38. The minimum absolute atomic E-state index is 0. The molecule has 19 heavy (non-hydrogen) atoms. The highest BCUT2D eigenvalue weighted by atomic mass is 35.5. The van der Waals surface area contributed by atoms with Crippen LogP contribution in [0.15, 0.2) is 0 Å². The lowest BCUT2D eigenvalue weighted by Gasteiger charge is -2.02. The molecule has 0 radical (unpaired) electrons. The molecule has 0 atom stereocenters. The second-order valence-electron chi connectivity index (χ2n) is 5.46. The molecule has 0 saturated carbocycles. The van der Waals surface area contributed by atoms with Gasteiger partial charge in [-0.05, 0) is 25.1 Å². The van der Waals surface area contributed by atoms with Gasteiger partial charge in [-0.25, -0.2) is 0 Å². The average Bonchev–Trinajstić information content (AvgIpc) is 2.39. The zero-order chi connectivity index (χ0) is 13.3. The predicted molar refractivity (Wildman–Crippen MR) is 94.8 cm³/mol. The van der Waals surface area contributed by atoms with Gasteiger partial charge < -0.3 is 5.73 Å². The molecule has 0 rings (SSSR count). The summed E-state index contributed by atoms with van der Waals surface area (Å²) in [6.45, 7) is 0.869. The molecular formula is C16H36ClNS. The lowest BCUT2D eigenvalue weighted by atomic mass is 10.0. The van der Waals surface area contributed by atoms with Crippen LogP contribution in [-0.2, 0) is 0 Å². The quantitative estimate of drug-likeness (QED) is 0.292. The zero-order valence-corrected chi connectivity index (χ0v) is 14.5. The summed E-state index contributed by atoms with van der Waals surface area (Å²) in [5, 5.41) is 0. The van der Waals surface area contributed by atoms with Gasteiger partial charge in [-0.1, -0.05) is 77.0 Å². The molecule has 3 heteroatoms. The fourth-order valence-corrected chi connectivity index (χ4v) is 2.60. The summed E-state index contributed by atoms with van der Waals surface area (Å²) in [4.78, 5) is 0. The van der Waals surface area contributed by atoms with Crippen LogP contribution in [0.1, 0.15) is 89.9 Å². The van der Waals surface area contributed by atoms with Crippen molar-refractivity contribution in [3.63, 3.8) is 0 Å². The Morgan fingerprint density at radius 2 is 0.737 bits per heavy atom. The first-order valence-corrected chi connectivity index (χ1v) is 8.86. The van der Waals surface area contributed by atoms with E-state index in [1.807, 2.05) is 0 Å². The number of nitrogens with two attached hydrogens (primary N) is 1. The van der Waals surface area contributed by atoms with E-state index >= 15 is 0 Å². The van der Waals surface area contributed by atoms with E-state index < -0.39 is 0 Å². The largest absolute Gasteiger partial charge is 0.330 e. The first-order chi connectivity index (χ1) is 8.91. The molecule has 0 saturated heterocycles. The van der Waals surface area contributed by atoms with Gasteiger partial charge in [0.05, 0.1) is 0 Å². The summed E-state index contributed by atoms with van der Waals surface area (Å²) in [7, 11) is 0. The van der Waals surface area contributed by atoms with Crippen LogP contribution in [0.2, 0.25) is 0 Å². The molecule has 118 valence electrons. The topological polar surface area (TPSA) is 26.0 Å². The third kappa shape index (κ3) is 21.1. The minimum Gasteiger partial charge on any atom is -0.330 e. The number of hydrogen-bond acceptors (Lipinski definition) is 2. The van der Waals surface area contributed by atoms with Crippen LogP contribution in [0.4, 0.5) is 0 Å². The molecular weight excluding hydrogens is 274 g/mol. The first-order valence-electron chi connectivity index (χ1n) is 8.22. The van der Waals surface area contributed by atoms with Crippen LogP contribution in [0.5, 0.6) is 0 Å². The summed E-state index contributed by atoms with van der Waals surface area (Å²) in [6, 6.07) is 0. The first kappa shape index (κ1) is 21.9. The normalized spacial score (nSPS) is 10.4. The Balaban J connectivity index is 0. The fraction of sp³-hybridized carbons (Fsp3) is 1.00. The van der Waals surface area contributed by atoms with Crippen LogP contribution in [-0.4, -0.2) is 12.3 Å². The number of hydrogen-bond donors (Lipinski definition) is 2. The van der Waals surface area contributed by atoms with Crippen molar-refractivity contribution < 1.29 is 0 Å². The minimum atomic E-state index is 0. The van der Waals surface area contributed by atoms with Gasteiger partial charge in [0.15, 0.2) is 0 Å². The van der Waals surface area contributed by atoms with Gasteiger partial charge in [-0.2, -0.15) is 12.6 Å². The molecule has 1 nitrogen and oxygen atoms in total. The van der Waals surface area contributed by atoms with Gasteiger partial charge in [0.25, 0.3) is 0 Å². The van der Waals surface area contributed by atoms with Crippen molar-refractivity contribution in [2.45, 2.75) is 89.9 Å². The lowest BCUT2D eigenvalue weighted by molar-refractivity contribution is 0.537. The summed E-state index contributed by atoms with van der Waals surface area (Å²) in [5.41, 5.74) is 5.47. The molecule has 0 aliphatic heterocycles. The molecule has 0 aliphatic rings. The smallest absolute Gasteiger partial charge is 0.00773 e. The predicted octanol–water partition coefficient (Wildman–Crippen LogP) is 5.76. The van der Waals surface area contributed by atoms with Crippen LogP contribution in [0, 0.1) is 0 Å². The highest BCUT2D eigenvalue weighted by Gasteiger charge is 1.93. The molecule has 0 unspecified atom stereocenters. The molecule has 0 aromatic heterocycles. The van der Waals surface area contributed by atoms with E-state index in [0.29, 0.717) is 0 Å². The van der Waals surface area contributed by atoms with Crippen LogP contribution in [0.25, 0.3) is 0 Å². The van der Waals surface area contributed by atoms with Crippen molar-refractivity contribution in [3.05, 3.63) is 0 Å². The Morgan fingerprint density at radius 3 is 1.00 bits per heavy atom. The maximum Gasteiger partial charge on any atom is -0.00773 e. The van der Waals surface area contributed by atoms with Gasteiger partial charge in [0.1, 0.15) is 0 Å².